The van der Waals surface area contributed by atoms with Gasteiger partial charge in [-0.1, -0.05) is 12.2 Å². The molecule has 1 aliphatic carbocycles. The van der Waals surface area contributed by atoms with Gasteiger partial charge in [0.25, 0.3) is 0 Å². The van der Waals surface area contributed by atoms with Crippen LogP contribution in [0.5, 0.6) is 0 Å². The molecule has 0 aromatic carbocycles. The molecule has 0 aromatic rings. The predicted octanol–water partition coefficient (Wildman–Crippen LogP) is 0.106. The van der Waals surface area contributed by atoms with Gasteiger partial charge in [-0.25, -0.2) is 0 Å². The van der Waals surface area contributed by atoms with E-state index < -0.39 is 11.9 Å². The number of amides is 1. The lowest BCUT2D eigenvalue weighted by Crippen LogP contribution is -2.30. The molecule has 0 aromatic heterocycles. The highest BCUT2D eigenvalue weighted by Gasteiger charge is 2.49. The molecule has 1 heterocycles. The van der Waals surface area contributed by atoms with E-state index in [2.05, 4.69) is 0 Å². The van der Waals surface area contributed by atoms with E-state index in [1.165, 1.54) is 0 Å². The summed E-state index contributed by atoms with van der Waals surface area (Å²) in [7, 11) is 0. The molecule has 1 amide bonds. The molecule has 1 N–H and O–H groups in total. The molecular weight excluding hydrogens is 170 g/mol. The van der Waals surface area contributed by atoms with Crippen LogP contribution < -0.4 is 0 Å². The number of rotatable bonds is 2. The predicted molar refractivity (Wildman–Crippen MR) is 45.0 cm³/mol. The summed E-state index contributed by atoms with van der Waals surface area (Å²) in [4.78, 5) is 23.7. The van der Waals surface area contributed by atoms with E-state index in [1.807, 2.05) is 12.2 Å². The SMILES string of the molecule is O=C(O)C1CC1C(=O)N1CC=CC1. The second-order valence-electron chi connectivity index (χ2n) is 3.50. The van der Waals surface area contributed by atoms with Gasteiger partial charge in [0.15, 0.2) is 0 Å². The number of hydrogen-bond donors (Lipinski definition) is 1. The molecule has 2 atom stereocenters. The van der Waals surface area contributed by atoms with Gasteiger partial charge in [0, 0.05) is 13.1 Å². The molecular formula is C9H11NO3. The van der Waals surface area contributed by atoms with Crippen LogP contribution in [0.1, 0.15) is 6.42 Å². The molecule has 2 aliphatic rings. The summed E-state index contributed by atoms with van der Waals surface area (Å²) in [6, 6.07) is 0. The molecule has 4 heteroatoms. The van der Waals surface area contributed by atoms with Crippen molar-refractivity contribution >= 4 is 11.9 Å². The van der Waals surface area contributed by atoms with E-state index in [-0.39, 0.29) is 11.8 Å². The number of carbonyl (C=O) groups excluding carboxylic acids is 1. The summed E-state index contributed by atoms with van der Waals surface area (Å²) < 4.78 is 0. The maximum Gasteiger partial charge on any atom is 0.307 e. The Morgan fingerprint density at radius 3 is 2.31 bits per heavy atom. The van der Waals surface area contributed by atoms with Crippen LogP contribution in [-0.4, -0.2) is 35.0 Å². The van der Waals surface area contributed by atoms with Crippen molar-refractivity contribution in [3.8, 4) is 0 Å². The highest BCUT2D eigenvalue weighted by atomic mass is 16.4. The Hall–Kier alpha value is -1.32. The molecule has 0 radical (unpaired) electrons. The van der Waals surface area contributed by atoms with Crippen molar-refractivity contribution < 1.29 is 14.7 Å². The van der Waals surface area contributed by atoms with Gasteiger partial charge in [-0.3, -0.25) is 9.59 Å². The first kappa shape index (κ1) is 8.29. The summed E-state index contributed by atoms with van der Waals surface area (Å²) in [6.07, 6.45) is 4.37. The first-order chi connectivity index (χ1) is 6.20. The van der Waals surface area contributed by atoms with Gasteiger partial charge < -0.3 is 10.0 Å². The maximum absolute atomic E-state index is 11.5. The van der Waals surface area contributed by atoms with Crippen LogP contribution >= 0.6 is 0 Å². The van der Waals surface area contributed by atoms with Gasteiger partial charge >= 0.3 is 5.97 Å². The molecule has 0 saturated heterocycles. The molecule has 0 spiro atoms. The largest absolute Gasteiger partial charge is 0.481 e. The Kier molecular flexibility index (Phi) is 1.83. The molecule has 1 aliphatic heterocycles. The molecule has 4 nitrogen and oxygen atoms in total. The van der Waals surface area contributed by atoms with Gasteiger partial charge in [0.1, 0.15) is 0 Å². The molecule has 13 heavy (non-hydrogen) atoms. The zero-order valence-corrected chi connectivity index (χ0v) is 7.14. The van der Waals surface area contributed by atoms with Crippen molar-refractivity contribution in [1.29, 1.82) is 0 Å². The van der Waals surface area contributed by atoms with Crippen molar-refractivity contribution in [3.05, 3.63) is 12.2 Å². The second kappa shape index (κ2) is 2.87. The number of hydrogen-bond acceptors (Lipinski definition) is 2. The maximum atomic E-state index is 11.5. The summed E-state index contributed by atoms with van der Waals surface area (Å²) in [5.41, 5.74) is 0. The Bertz CT molecular complexity index is 277. The number of carboxylic acids is 1. The number of nitrogens with zero attached hydrogens (tertiary/aromatic N) is 1. The fraction of sp³-hybridized carbons (Fsp3) is 0.556. The van der Waals surface area contributed by atoms with Crippen LogP contribution in [0.25, 0.3) is 0 Å². The zero-order chi connectivity index (χ0) is 9.42. The molecule has 2 rings (SSSR count). The van der Waals surface area contributed by atoms with E-state index in [1.54, 1.807) is 4.90 Å². The zero-order valence-electron chi connectivity index (χ0n) is 7.14. The van der Waals surface area contributed by atoms with Crippen molar-refractivity contribution in [2.75, 3.05) is 13.1 Å². The van der Waals surface area contributed by atoms with Gasteiger partial charge in [-0.15, -0.1) is 0 Å². The van der Waals surface area contributed by atoms with E-state index in [9.17, 15) is 9.59 Å². The third-order valence-corrected chi connectivity index (χ3v) is 2.55. The van der Waals surface area contributed by atoms with Crippen LogP contribution in [0.15, 0.2) is 12.2 Å². The average molecular weight is 181 g/mol. The quantitative estimate of drug-likeness (QED) is 0.615. The van der Waals surface area contributed by atoms with Gasteiger partial charge in [-0.05, 0) is 6.42 Å². The molecule has 2 unspecified atom stereocenters. The minimum atomic E-state index is -0.842. The topological polar surface area (TPSA) is 57.6 Å². The van der Waals surface area contributed by atoms with Gasteiger partial charge in [-0.2, -0.15) is 0 Å². The van der Waals surface area contributed by atoms with E-state index in [0.29, 0.717) is 19.5 Å². The third kappa shape index (κ3) is 1.43. The highest BCUT2D eigenvalue weighted by molar-refractivity contribution is 5.89. The monoisotopic (exact) mass is 181 g/mol. The highest BCUT2D eigenvalue weighted by Crippen LogP contribution is 2.40. The number of carboxylic acid groups (broad SMARTS) is 1. The summed E-state index contributed by atoms with van der Waals surface area (Å²) in [5.74, 6) is -1.52. The molecule has 1 fully saturated rings. The van der Waals surface area contributed by atoms with Crippen LogP contribution in [0.4, 0.5) is 0 Å². The Balaban J connectivity index is 1.89. The van der Waals surface area contributed by atoms with Crippen molar-refractivity contribution in [3.63, 3.8) is 0 Å². The number of carbonyl (C=O) groups is 2. The minimum absolute atomic E-state index is 0.00241. The Labute approximate surface area is 75.8 Å². The summed E-state index contributed by atoms with van der Waals surface area (Å²) >= 11 is 0. The van der Waals surface area contributed by atoms with Gasteiger partial charge in [0.2, 0.25) is 5.91 Å². The fourth-order valence-corrected chi connectivity index (χ4v) is 1.63. The Morgan fingerprint density at radius 2 is 1.85 bits per heavy atom. The third-order valence-electron chi connectivity index (χ3n) is 2.55. The average Bonchev–Trinajstić information content (AvgIpc) is 2.72. The lowest BCUT2D eigenvalue weighted by Gasteiger charge is -2.14. The van der Waals surface area contributed by atoms with Crippen LogP contribution in [0.3, 0.4) is 0 Å². The van der Waals surface area contributed by atoms with Crippen LogP contribution in [-0.2, 0) is 9.59 Å². The lowest BCUT2D eigenvalue weighted by atomic mass is 10.3. The Morgan fingerprint density at radius 1 is 1.23 bits per heavy atom. The van der Waals surface area contributed by atoms with E-state index in [4.69, 9.17) is 5.11 Å². The molecule has 1 saturated carbocycles. The van der Waals surface area contributed by atoms with Crippen molar-refractivity contribution in [2.45, 2.75) is 6.42 Å². The van der Waals surface area contributed by atoms with Crippen LogP contribution in [0.2, 0.25) is 0 Å². The second-order valence-corrected chi connectivity index (χ2v) is 3.50. The minimum Gasteiger partial charge on any atom is -0.481 e. The standard InChI is InChI=1S/C9H11NO3/c11-8(10-3-1-2-4-10)6-5-7(6)9(12)13/h1-2,6-7H,3-5H2,(H,12,13). The smallest absolute Gasteiger partial charge is 0.307 e. The first-order valence-corrected chi connectivity index (χ1v) is 4.36. The first-order valence-electron chi connectivity index (χ1n) is 4.36. The summed E-state index contributed by atoms with van der Waals surface area (Å²) in [6.45, 7) is 1.28. The number of aliphatic carboxylic acids is 1. The lowest BCUT2D eigenvalue weighted by molar-refractivity contribution is -0.141. The molecule has 70 valence electrons. The molecule has 0 bridgehead atoms. The van der Waals surface area contributed by atoms with Crippen molar-refractivity contribution in [1.82, 2.24) is 4.90 Å². The van der Waals surface area contributed by atoms with Gasteiger partial charge in [0.05, 0.1) is 11.8 Å². The van der Waals surface area contributed by atoms with E-state index >= 15 is 0 Å². The fourth-order valence-electron chi connectivity index (χ4n) is 1.63. The van der Waals surface area contributed by atoms with Crippen LogP contribution in [0, 0.1) is 11.8 Å². The summed E-state index contributed by atoms with van der Waals surface area (Å²) in [5, 5.41) is 8.63. The van der Waals surface area contributed by atoms with Crippen molar-refractivity contribution in [2.24, 2.45) is 11.8 Å². The van der Waals surface area contributed by atoms with E-state index in [0.717, 1.165) is 0 Å². The normalized spacial score (nSPS) is 30.6.